The van der Waals surface area contributed by atoms with Crippen LogP contribution in [0.1, 0.15) is 0 Å². The zero-order valence-corrected chi connectivity index (χ0v) is 25.8. The van der Waals surface area contributed by atoms with Crippen molar-refractivity contribution in [1.82, 2.24) is 0 Å². The molecule has 0 saturated carbocycles. The van der Waals surface area contributed by atoms with Crippen LogP contribution in [-0.4, -0.2) is 0 Å². The molecule has 0 amide bonds. The molecule has 6 aromatic carbocycles. The van der Waals surface area contributed by atoms with Crippen molar-refractivity contribution in [2.24, 2.45) is 0 Å². The second-order valence-electron chi connectivity index (χ2n) is 11.2. The molecule has 6 rings (SSSR count). The van der Waals surface area contributed by atoms with E-state index in [-0.39, 0.29) is 0 Å². The van der Waals surface area contributed by atoms with Gasteiger partial charge in [-0.3, -0.25) is 0 Å². The molecule has 0 aliphatic rings. The van der Waals surface area contributed by atoms with Crippen LogP contribution in [0.2, 0.25) is 0 Å². The van der Waals surface area contributed by atoms with E-state index in [0.29, 0.717) is 0 Å². The summed E-state index contributed by atoms with van der Waals surface area (Å²) in [6.07, 6.45) is 0. The first-order chi connectivity index (χ1) is 26.4. The molecule has 0 aliphatic heterocycles. The van der Waals surface area contributed by atoms with Crippen LogP contribution in [0, 0.1) is 134 Å². The Hall–Kier alpha value is -6.03. The van der Waals surface area contributed by atoms with Crippen LogP contribution < -0.4 is 0 Å². The lowest BCUT2D eigenvalue weighted by Gasteiger charge is -2.18. The van der Waals surface area contributed by atoms with Crippen LogP contribution in [0.5, 0.6) is 0 Å². The molecule has 0 unspecified atom stereocenters. The Bertz CT molecular complexity index is 2740. The number of rotatable bonds is 4. The fourth-order valence-electron chi connectivity index (χ4n) is 5.69. The molecular formula is C34HF23. The standard InChI is InChI=1S/C34HF23/c35-3-1-2(13(36)32(55)14(3)37)4-16(39)19(42)9(20(43)17(4)40)10-26(49)28(51)12(29(52)27(10)50)11-24(47)21(44)7(22(45)25(11)48)5-15(38)6-8(23(46)18(5)41)31(54)34(57)33(56)30(6)53/h1H. The van der Waals surface area contributed by atoms with E-state index in [2.05, 4.69) is 0 Å². The van der Waals surface area contributed by atoms with Gasteiger partial charge in [-0.2, -0.15) is 0 Å². The zero-order valence-electron chi connectivity index (χ0n) is 25.8. The SMILES string of the molecule is Fc1cc(-c2c(F)c(F)c(-c3c(F)c(F)c(-c4c(F)c(F)c(-c5c(F)c(F)c6c(F)c(F)c(F)c(F)c6c5F)c(F)c4F)c(F)c3F)c(F)c2F)c(F)c(F)c1F. The molecule has 0 saturated heterocycles. The molecule has 0 atom stereocenters. The maximum atomic E-state index is 15.3. The van der Waals surface area contributed by atoms with Gasteiger partial charge in [-0.15, -0.1) is 0 Å². The zero-order chi connectivity index (χ0) is 42.8. The predicted octanol–water partition coefficient (Wildman–Crippen LogP) is 12.7. The lowest BCUT2D eigenvalue weighted by Crippen LogP contribution is -2.13. The largest absolute Gasteiger partial charge is 0.205 e. The van der Waals surface area contributed by atoms with E-state index in [0.717, 1.165) is 0 Å². The van der Waals surface area contributed by atoms with Crippen LogP contribution in [0.15, 0.2) is 6.07 Å². The van der Waals surface area contributed by atoms with Gasteiger partial charge in [0.2, 0.25) is 0 Å². The number of halogens is 23. The molecule has 0 aliphatic carbocycles. The molecule has 0 heterocycles. The summed E-state index contributed by atoms with van der Waals surface area (Å²) >= 11 is 0. The topological polar surface area (TPSA) is 0 Å². The summed E-state index contributed by atoms with van der Waals surface area (Å²) in [6.45, 7) is 0. The highest BCUT2D eigenvalue weighted by atomic mass is 19.2. The van der Waals surface area contributed by atoms with Crippen LogP contribution in [0.25, 0.3) is 55.3 Å². The molecular weight excluding hydrogens is 845 g/mol. The minimum Gasteiger partial charge on any atom is -0.205 e. The Morgan fingerprint density at radius 3 is 0.702 bits per heavy atom. The van der Waals surface area contributed by atoms with E-state index in [4.69, 9.17) is 0 Å². The van der Waals surface area contributed by atoms with E-state index in [1.54, 1.807) is 0 Å². The smallest absolute Gasteiger partial charge is 0.198 e. The van der Waals surface area contributed by atoms with Gasteiger partial charge in [-0.1, -0.05) is 0 Å². The van der Waals surface area contributed by atoms with Gasteiger partial charge in [0, 0.05) is 5.56 Å². The highest BCUT2D eigenvalue weighted by Crippen LogP contribution is 2.47. The molecule has 0 radical (unpaired) electrons. The third kappa shape index (κ3) is 5.40. The van der Waals surface area contributed by atoms with Crippen molar-refractivity contribution in [3.63, 3.8) is 0 Å². The summed E-state index contributed by atoms with van der Waals surface area (Å²) in [6, 6.07) is -0.561. The molecule has 0 aromatic heterocycles. The molecule has 0 fully saturated rings. The molecule has 23 heteroatoms. The van der Waals surface area contributed by atoms with Crippen molar-refractivity contribution >= 4 is 10.8 Å². The second kappa shape index (κ2) is 13.6. The number of benzene rings is 6. The Balaban J connectivity index is 1.62. The Morgan fingerprint density at radius 1 is 0.175 bits per heavy atom. The molecule has 6 aromatic rings. The summed E-state index contributed by atoms with van der Waals surface area (Å²) in [5.41, 5.74) is -21.9. The van der Waals surface area contributed by atoms with E-state index in [1.807, 2.05) is 0 Å². The third-order valence-corrected chi connectivity index (χ3v) is 8.25. The third-order valence-electron chi connectivity index (χ3n) is 8.25. The average Bonchev–Trinajstić information content (AvgIpc) is 3.17. The van der Waals surface area contributed by atoms with Crippen molar-refractivity contribution in [2.45, 2.75) is 0 Å². The Labute approximate surface area is 296 Å². The van der Waals surface area contributed by atoms with Crippen molar-refractivity contribution in [2.75, 3.05) is 0 Å². The molecule has 57 heavy (non-hydrogen) atoms. The van der Waals surface area contributed by atoms with Crippen molar-refractivity contribution in [3.8, 4) is 44.5 Å². The van der Waals surface area contributed by atoms with E-state index >= 15 is 48.3 Å². The summed E-state index contributed by atoms with van der Waals surface area (Å²) < 4.78 is 339. The first-order valence-electron chi connectivity index (χ1n) is 14.2. The van der Waals surface area contributed by atoms with Crippen LogP contribution in [0.4, 0.5) is 101 Å². The normalized spacial score (nSPS) is 11.8. The number of fused-ring (bicyclic) bond motifs is 1. The minimum absolute atomic E-state index is 0.561. The van der Waals surface area contributed by atoms with Crippen molar-refractivity contribution in [1.29, 1.82) is 0 Å². The van der Waals surface area contributed by atoms with E-state index in [1.165, 1.54) is 0 Å². The lowest BCUT2D eigenvalue weighted by molar-refractivity contribution is 0.408. The first kappa shape index (κ1) is 40.6. The monoisotopic (exact) mass is 846 g/mol. The van der Waals surface area contributed by atoms with Gasteiger partial charge >= 0.3 is 0 Å². The number of hydrogen-bond donors (Lipinski definition) is 0. The van der Waals surface area contributed by atoms with Crippen LogP contribution >= 0.6 is 0 Å². The summed E-state index contributed by atoms with van der Waals surface area (Å²) in [7, 11) is 0. The highest BCUT2D eigenvalue weighted by molar-refractivity contribution is 5.91. The van der Waals surface area contributed by atoms with Gasteiger partial charge in [-0.05, 0) is 6.07 Å². The Morgan fingerprint density at radius 2 is 0.386 bits per heavy atom. The van der Waals surface area contributed by atoms with Gasteiger partial charge in [0.05, 0.1) is 49.7 Å². The fourth-order valence-corrected chi connectivity index (χ4v) is 5.69. The maximum Gasteiger partial charge on any atom is 0.198 e. The van der Waals surface area contributed by atoms with Gasteiger partial charge in [-0.25, -0.2) is 101 Å². The average molecular weight is 846 g/mol. The Kier molecular flexibility index (Phi) is 9.67. The van der Waals surface area contributed by atoms with E-state index in [9.17, 15) is 52.7 Å². The molecule has 0 nitrogen and oxygen atoms in total. The van der Waals surface area contributed by atoms with Gasteiger partial charge in [0.1, 0.15) is 5.82 Å². The molecule has 0 N–H and O–H groups in total. The van der Waals surface area contributed by atoms with Crippen molar-refractivity contribution in [3.05, 3.63) is 140 Å². The minimum atomic E-state index is -3.35. The van der Waals surface area contributed by atoms with Gasteiger partial charge in [0.15, 0.2) is 128 Å². The van der Waals surface area contributed by atoms with Gasteiger partial charge in [0.25, 0.3) is 0 Å². The molecule has 0 bridgehead atoms. The fraction of sp³-hybridized carbons (Fsp3) is 0. The molecule has 0 spiro atoms. The number of hydrogen-bond acceptors (Lipinski definition) is 0. The van der Waals surface area contributed by atoms with Crippen LogP contribution in [0.3, 0.4) is 0 Å². The van der Waals surface area contributed by atoms with Crippen molar-refractivity contribution < 1.29 is 101 Å². The maximum absolute atomic E-state index is 15.3. The van der Waals surface area contributed by atoms with E-state index < -0.39 is 195 Å². The van der Waals surface area contributed by atoms with Gasteiger partial charge < -0.3 is 0 Å². The first-order valence-corrected chi connectivity index (χ1v) is 14.2. The summed E-state index contributed by atoms with van der Waals surface area (Å²) in [5, 5.41) is -4.87. The second-order valence-corrected chi connectivity index (χ2v) is 11.2. The van der Waals surface area contributed by atoms with Crippen LogP contribution in [-0.2, 0) is 0 Å². The summed E-state index contributed by atoms with van der Waals surface area (Å²) in [4.78, 5) is 0. The quantitative estimate of drug-likeness (QED) is 0.0942. The summed E-state index contributed by atoms with van der Waals surface area (Å²) in [5.74, 6) is -70.4. The predicted molar refractivity (Wildman–Crippen MR) is 145 cm³/mol. The lowest BCUT2D eigenvalue weighted by atomic mass is 9.91. The molecule has 298 valence electrons. The highest BCUT2D eigenvalue weighted by Gasteiger charge is 2.40.